The van der Waals surface area contributed by atoms with E-state index in [2.05, 4.69) is 20.8 Å². The maximum atomic E-state index is 10.8. The first-order valence-corrected chi connectivity index (χ1v) is 5.71. The number of rotatable bonds is 2. The predicted octanol–water partition coefficient (Wildman–Crippen LogP) is 2.23. The molecule has 0 heterocycles. The molecule has 4 heteroatoms. The van der Waals surface area contributed by atoms with Gasteiger partial charge in [0.25, 0.3) is 0 Å². The van der Waals surface area contributed by atoms with Gasteiger partial charge in [-0.2, -0.15) is 0 Å². The van der Waals surface area contributed by atoms with Crippen LogP contribution in [0.2, 0.25) is 0 Å². The molecule has 0 fully saturated rings. The van der Waals surface area contributed by atoms with E-state index < -0.39 is 11.1 Å². The fraction of sp³-hybridized carbons (Fsp3) is 0.455. The third kappa shape index (κ3) is 2.79. The van der Waals surface area contributed by atoms with Crippen LogP contribution in [0.3, 0.4) is 0 Å². The Bertz CT molecular complexity index is 380. The van der Waals surface area contributed by atoms with Crippen LogP contribution in [0.15, 0.2) is 23.1 Å². The molecule has 0 spiro atoms. The van der Waals surface area contributed by atoms with Gasteiger partial charge in [-0.3, -0.25) is 4.21 Å². The average Bonchev–Trinajstić information content (AvgIpc) is 2.15. The molecule has 1 rings (SSSR count). The van der Waals surface area contributed by atoms with Crippen LogP contribution in [0, 0.1) is 0 Å². The highest BCUT2D eigenvalue weighted by molar-refractivity contribution is 7.79. The van der Waals surface area contributed by atoms with Crippen LogP contribution in [0.1, 0.15) is 26.3 Å². The molecule has 0 aromatic heterocycles. The van der Waals surface area contributed by atoms with Gasteiger partial charge < -0.3 is 9.29 Å². The minimum absolute atomic E-state index is 0.0613. The maximum absolute atomic E-state index is 10.8. The minimum atomic E-state index is -2.21. The summed E-state index contributed by atoms with van der Waals surface area (Å²) >= 11 is -2.21. The van der Waals surface area contributed by atoms with E-state index >= 15 is 0 Å². The fourth-order valence-electron chi connectivity index (χ4n) is 1.39. The van der Waals surface area contributed by atoms with Crippen molar-refractivity contribution >= 4 is 11.1 Å². The molecule has 84 valence electrons. The van der Waals surface area contributed by atoms with Gasteiger partial charge in [-0.05, 0) is 34.2 Å². The quantitative estimate of drug-likeness (QED) is 0.728. The van der Waals surface area contributed by atoms with E-state index in [1.54, 1.807) is 25.3 Å². The highest BCUT2D eigenvalue weighted by Crippen LogP contribution is 2.32. The zero-order valence-corrected chi connectivity index (χ0v) is 10.2. The van der Waals surface area contributed by atoms with E-state index in [1.807, 2.05) is 0 Å². The molecule has 0 bridgehead atoms. The molecule has 0 amide bonds. The summed E-state index contributed by atoms with van der Waals surface area (Å²) in [5.41, 5.74) is 0.938. The van der Waals surface area contributed by atoms with Gasteiger partial charge in [-0.15, -0.1) is 0 Å². The normalized spacial score (nSPS) is 13.7. The lowest BCUT2D eigenvalue weighted by Crippen LogP contribution is -2.13. The zero-order valence-electron chi connectivity index (χ0n) is 9.37. The molecule has 0 saturated carbocycles. The molecule has 0 aliphatic carbocycles. The summed E-state index contributed by atoms with van der Waals surface area (Å²) in [7, 11) is 1.54. The van der Waals surface area contributed by atoms with Crippen molar-refractivity contribution in [1.82, 2.24) is 0 Å². The number of hydrogen-bond acceptors (Lipinski definition) is 3. The van der Waals surface area contributed by atoms with Crippen LogP contribution in [-0.4, -0.2) is 15.9 Å². The Morgan fingerprint density at radius 3 is 2.33 bits per heavy atom. The molecule has 0 saturated heterocycles. The fourth-order valence-corrected chi connectivity index (χ4v) is 1.78. The van der Waals surface area contributed by atoms with Crippen molar-refractivity contribution in [2.45, 2.75) is 31.1 Å². The van der Waals surface area contributed by atoms with E-state index in [9.17, 15) is 8.76 Å². The second-order valence-electron chi connectivity index (χ2n) is 4.35. The van der Waals surface area contributed by atoms with Crippen LogP contribution in [-0.2, 0) is 16.5 Å². The molecule has 0 aliphatic heterocycles. The van der Waals surface area contributed by atoms with Crippen LogP contribution in [0.5, 0.6) is 5.75 Å². The number of benzene rings is 1. The molecular weight excluding hydrogens is 212 g/mol. The molecule has 1 aromatic rings. The summed E-state index contributed by atoms with van der Waals surface area (Å²) < 4.78 is 26.7. The van der Waals surface area contributed by atoms with Crippen molar-refractivity contribution in [1.29, 1.82) is 0 Å². The zero-order chi connectivity index (χ0) is 11.6. The molecule has 0 N–H and O–H groups in total. The first kappa shape index (κ1) is 12.2. The molecular formula is C11H15O3S-. The molecule has 1 unspecified atom stereocenters. The van der Waals surface area contributed by atoms with Crippen molar-refractivity contribution in [2.75, 3.05) is 7.11 Å². The van der Waals surface area contributed by atoms with Gasteiger partial charge >= 0.3 is 0 Å². The number of methoxy groups -OCH3 is 1. The van der Waals surface area contributed by atoms with Gasteiger partial charge in [0.15, 0.2) is 0 Å². The average molecular weight is 227 g/mol. The lowest BCUT2D eigenvalue weighted by molar-refractivity contribution is 0.396. The molecule has 1 atom stereocenters. The SMILES string of the molecule is COc1cc(S(=O)[O-])ccc1C(C)(C)C. The summed E-state index contributed by atoms with van der Waals surface area (Å²) in [5.74, 6) is 0.615. The first-order chi connectivity index (χ1) is 6.86. The standard InChI is InChI=1S/C11H16O3S/c1-11(2,3)9-6-5-8(15(12)13)7-10(9)14-4/h5-7H,1-4H3,(H,12,13)/p-1. The molecule has 0 radical (unpaired) electrons. The van der Waals surface area contributed by atoms with Gasteiger partial charge in [-0.25, -0.2) is 0 Å². The lowest BCUT2D eigenvalue weighted by atomic mass is 9.86. The van der Waals surface area contributed by atoms with Gasteiger partial charge in [0.2, 0.25) is 0 Å². The molecule has 15 heavy (non-hydrogen) atoms. The highest BCUT2D eigenvalue weighted by Gasteiger charge is 2.18. The summed E-state index contributed by atoms with van der Waals surface area (Å²) in [6.45, 7) is 6.16. The molecule has 3 nitrogen and oxygen atoms in total. The third-order valence-corrected chi connectivity index (χ3v) is 2.81. The molecule has 0 aliphatic rings. The summed E-state index contributed by atoms with van der Waals surface area (Å²) in [4.78, 5) is 0.250. The Labute approximate surface area is 92.7 Å². The Balaban J connectivity index is 3.27. The molecule has 1 aromatic carbocycles. The van der Waals surface area contributed by atoms with E-state index in [0.29, 0.717) is 5.75 Å². The number of ether oxygens (including phenoxy) is 1. The number of hydrogen-bond donors (Lipinski definition) is 0. The van der Waals surface area contributed by atoms with Crippen molar-refractivity contribution in [3.8, 4) is 5.75 Å². The van der Waals surface area contributed by atoms with E-state index in [-0.39, 0.29) is 10.3 Å². The largest absolute Gasteiger partial charge is 0.768 e. The second kappa shape index (κ2) is 4.33. The van der Waals surface area contributed by atoms with Gasteiger partial charge in [0.1, 0.15) is 5.75 Å². The summed E-state index contributed by atoms with van der Waals surface area (Å²) in [6.07, 6.45) is 0. The van der Waals surface area contributed by atoms with Crippen molar-refractivity contribution < 1.29 is 13.5 Å². The summed E-state index contributed by atoms with van der Waals surface area (Å²) in [6, 6.07) is 4.93. The Hall–Kier alpha value is -0.870. The Morgan fingerprint density at radius 2 is 1.93 bits per heavy atom. The van der Waals surface area contributed by atoms with Gasteiger partial charge in [-0.1, -0.05) is 26.8 Å². The van der Waals surface area contributed by atoms with E-state index in [0.717, 1.165) is 5.56 Å². The smallest absolute Gasteiger partial charge is 0.123 e. The van der Waals surface area contributed by atoms with Crippen molar-refractivity contribution in [2.24, 2.45) is 0 Å². The van der Waals surface area contributed by atoms with E-state index in [4.69, 9.17) is 4.74 Å². The van der Waals surface area contributed by atoms with Gasteiger partial charge in [0, 0.05) is 4.90 Å². The van der Waals surface area contributed by atoms with E-state index in [1.165, 1.54) is 0 Å². The van der Waals surface area contributed by atoms with Crippen LogP contribution >= 0.6 is 0 Å². The third-order valence-electron chi connectivity index (χ3n) is 2.17. The van der Waals surface area contributed by atoms with Gasteiger partial charge in [0.05, 0.1) is 7.11 Å². The van der Waals surface area contributed by atoms with Crippen LogP contribution < -0.4 is 4.74 Å². The Morgan fingerprint density at radius 1 is 1.33 bits per heavy atom. The topological polar surface area (TPSA) is 49.4 Å². The lowest BCUT2D eigenvalue weighted by Gasteiger charge is -2.22. The van der Waals surface area contributed by atoms with Crippen LogP contribution in [0.25, 0.3) is 0 Å². The minimum Gasteiger partial charge on any atom is -0.768 e. The first-order valence-electron chi connectivity index (χ1n) is 4.64. The second-order valence-corrected chi connectivity index (χ2v) is 5.29. The Kier molecular flexibility index (Phi) is 3.52. The maximum Gasteiger partial charge on any atom is 0.123 e. The highest BCUT2D eigenvalue weighted by atomic mass is 32.2. The van der Waals surface area contributed by atoms with Crippen molar-refractivity contribution in [3.63, 3.8) is 0 Å². The summed E-state index contributed by atoms with van der Waals surface area (Å²) in [5, 5.41) is 0. The predicted molar refractivity (Wildman–Crippen MR) is 58.9 cm³/mol. The van der Waals surface area contributed by atoms with Crippen molar-refractivity contribution in [3.05, 3.63) is 23.8 Å². The van der Waals surface area contributed by atoms with Crippen LogP contribution in [0.4, 0.5) is 0 Å². The monoisotopic (exact) mass is 227 g/mol.